The molecule has 0 atom stereocenters. The van der Waals surface area contributed by atoms with E-state index in [1.165, 1.54) is 47.8 Å². The summed E-state index contributed by atoms with van der Waals surface area (Å²) in [5.41, 5.74) is 9.26. The van der Waals surface area contributed by atoms with Crippen LogP contribution >= 0.6 is 11.3 Å². The molecule has 148 valence electrons. The number of allylic oxidation sites excluding steroid dienone is 1. The number of nitrogens with zero attached hydrogens (tertiary/aromatic N) is 3. The maximum atomic E-state index is 5.85. The van der Waals surface area contributed by atoms with Gasteiger partial charge in [-0.15, -0.1) is 11.3 Å². The SMILES string of the molecule is C/C(=C/N)N1CC(=NCCN2CCCCC2)Nc2cc(-c3ccccc3)sc21. The molecule has 0 bridgehead atoms. The molecule has 0 saturated carbocycles. The van der Waals surface area contributed by atoms with Crippen molar-refractivity contribution in [3.05, 3.63) is 48.3 Å². The molecule has 2 aliphatic rings. The monoisotopic (exact) mass is 395 g/mol. The summed E-state index contributed by atoms with van der Waals surface area (Å²) in [5.74, 6) is 1.02. The molecule has 6 heteroatoms. The van der Waals surface area contributed by atoms with Gasteiger partial charge in [-0.25, -0.2) is 0 Å². The molecule has 2 aliphatic heterocycles. The molecule has 28 heavy (non-hydrogen) atoms. The van der Waals surface area contributed by atoms with Crippen molar-refractivity contribution in [3.8, 4) is 10.4 Å². The van der Waals surface area contributed by atoms with Crippen LogP contribution in [0.25, 0.3) is 10.4 Å². The summed E-state index contributed by atoms with van der Waals surface area (Å²) in [6.07, 6.45) is 5.70. The fraction of sp³-hybridized carbons (Fsp3) is 0.409. The molecule has 0 amide bonds. The molecular weight excluding hydrogens is 366 g/mol. The molecule has 5 nitrogen and oxygen atoms in total. The summed E-state index contributed by atoms with van der Waals surface area (Å²) in [4.78, 5) is 10.9. The first-order chi connectivity index (χ1) is 13.7. The molecular formula is C22H29N5S. The molecule has 0 radical (unpaired) electrons. The number of rotatable bonds is 5. The van der Waals surface area contributed by atoms with E-state index in [0.717, 1.165) is 36.9 Å². The van der Waals surface area contributed by atoms with Gasteiger partial charge in [0.15, 0.2) is 0 Å². The summed E-state index contributed by atoms with van der Waals surface area (Å²) >= 11 is 1.79. The number of piperidine rings is 1. The highest BCUT2D eigenvalue weighted by Gasteiger charge is 2.25. The predicted octanol–water partition coefficient (Wildman–Crippen LogP) is 4.35. The number of hydrogen-bond acceptors (Lipinski definition) is 5. The normalized spacial score (nSPS) is 19.5. The topological polar surface area (TPSA) is 56.9 Å². The van der Waals surface area contributed by atoms with E-state index in [4.69, 9.17) is 10.7 Å². The van der Waals surface area contributed by atoms with Gasteiger partial charge in [-0.2, -0.15) is 0 Å². The first kappa shape index (κ1) is 19.0. The summed E-state index contributed by atoms with van der Waals surface area (Å²) in [7, 11) is 0. The third-order valence-electron chi connectivity index (χ3n) is 5.44. The molecule has 4 rings (SSSR count). The minimum absolute atomic E-state index is 0.737. The van der Waals surface area contributed by atoms with Gasteiger partial charge in [-0.05, 0) is 44.5 Å². The second-order valence-electron chi connectivity index (χ2n) is 7.45. The van der Waals surface area contributed by atoms with Crippen LogP contribution in [0.5, 0.6) is 0 Å². The van der Waals surface area contributed by atoms with Crippen molar-refractivity contribution in [2.45, 2.75) is 26.2 Å². The minimum atomic E-state index is 0.737. The van der Waals surface area contributed by atoms with Crippen molar-refractivity contribution in [1.29, 1.82) is 0 Å². The molecule has 1 aromatic carbocycles. The smallest absolute Gasteiger partial charge is 0.121 e. The molecule has 3 N–H and O–H groups in total. The Balaban J connectivity index is 1.53. The number of likely N-dealkylation sites (tertiary alicyclic amines) is 1. The van der Waals surface area contributed by atoms with E-state index in [-0.39, 0.29) is 0 Å². The minimum Gasteiger partial charge on any atom is -0.403 e. The summed E-state index contributed by atoms with van der Waals surface area (Å²) in [6.45, 7) is 7.11. The summed E-state index contributed by atoms with van der Waals surface area (Å²) in [6, 6.07) is 12.7. The van der Waals surface area contributed by atoms with Crippen molar-refractivity contribution in [3.63, 3.8) is 0 Å². The van der Waals surface area contributed by atoms with Gasteiger partial charge >= 0.3 is 0 Å². The molecule has 0 spiro atoms. The highest BCUT2D eigenvalue weighted by atomic mass is 32.1. The lowest BCUT2D eigenvalue weighted by Crippen LogP contribution is -2.37. The molecule has 0 unspecified atom stereocenters. The fourth-order valence-corrected chi connectivity index (χ4v) is 4.98. The number of nitrogens with one attached hydrogen (secondary N) is 1. The van der Waals surface area contributed by atoms with Gasteiger partial charge in [0.25, 0.3) is 0 Å². The highest BCUT2D eigenvalue weighted by Crippen LogP contribution is 2.44. The van der Waals surface area contributed by atoms with Gasteiger partial charge in [-0.1, -0.05) is 36.8 Å². The van der Waals surface area contributed by atoms with Gasteiger partial charge in [0.1, 0.15) is 10.8 Å². The Labute approximate surface area is 171 Å². The molecule has 3 heterocycles. The van der Waals surface area contributed by atoms with Gasteiger partial charge < -0.3 is 20.9 Å². The Morgan fingerprint density at radius 2 is 2.00 bits per heavy atom. The van der Waals surface area contributed by atoms with Crippen LogP contribution in [0.4, 0.5) is 10.7 Å². The van der Waals surface area contributed by atoms with E-state index in [1.807, 2.05) is 0 Å². The Bertz CT molecular complexity index is 849. The lowest BCUT2D eigenvalue weighted by Gasteiger charge is -2.31. The van der Waals surface area contributed by atoms with E-state index in [9.17, 15) is 0 Å². The van der Waals surface area contributed by atoms with E-state index >= 15 is 0 Å². The number of thiophene rings is 1. The van der Waals surface area contributed by atoms with E-state index in [2.05, 4.69) is 58.4 Å². The molecule has 2 aromatic rings. The number of amidine groups is 1. The van der Waals surface area contributed by atoms with Crippen LogP contribution in [0.1, 0.15) is 26.2 Å². The van der Waals surface area contributed by atoms with Gasteiger partial charge in [0.2, 0.25) is 0 Å². The van der Waals surface area contributed by atoms with Crippen molar-refractivity contribution in [2.24, 2.45) is 10.7 Å². The average Bonchev–Trinajstić information content (AvgIpc) is 3.18. The number of nitrogens with two attached hydrogens (primary N) is 1. The van der Waals surface area contributed by atoms with Gasteiger partial charge in [-0.3, -0.25) is 4.99 Å². The lowest BCUT2D eigenvalue weighted by molar-refractivity contribution is 0.235. The second-order valence-corrected chi connectivity index (χ2v) is 8.48. The van der Waals surface area contributed by atoms with Crippen LogP contribution in [0.2, 0.25) is 0 Å². The van der Waals surface area contributed by atoms with Crippen LogP contribution in [0, 0.1) is 0 Å². The van der Waals surface area contributed by atoms with E-state index in [1.54, 1.807) is 17.5 Å². The predicted molar refractivity (Wildman–Crippen MR) is 121 cm³/mol. The number of aliphatic imine (C=N–C) groups is 1. The molecule has 1 saturated heterocycles. The lowest BCUT2D eigenvalue weighted by atomic mass is 10.1. The largest absolute Gasteiger partial charge is 0.403 e. The fourth-order valence-electron chi connectivity index (χ4n) is 3.81. The van der Waals surface area contributed by atoms with Crippen molar-refractivity contribution in [1.82, 2.24) is 4.90 Å². The van der Waals surface area contributed by atoms with Gasteiger partial charge in [0.05, 0.1) is 18.8 Å². The Morgan fingerprint density at radius 3 is 2.75 bits per heavy atom. The Hall–Kier alpha value is -2.31. The van der Waals surface area contributed by atoms with Crippen molar-refractivity contribution >= 4 is 27.9 Å². The van der Waals surface area contributed by atoms with Gasteiger partial charge in [0, 0.05) is 23.3 Å². The third kappa shape index (κ3) is 4.23. The molecule has 0 aliphatic carbocycles. The van der Waals surface area contributed by atoms with Crippen LogP contribution < -0.4 is 16.0 Å². The Morgan fingerprint density at radius 1 is 1.21 bits per heavy atom. The third-order valence-corrected chi connectivity index (χ3v) is 6.64. The summed E-state index contributed by atoms with van der Waals surface area (Å²) < 4.78 is 0. The van der Waals surface area contributed by atoms with Crippen LogP contribution in [-0.4, -0.2) is 43.5 Å². The van der Waals surface area contributed by atoms with Crippen LogP contribution in [0.15, 0.2) is 53.3 Å². The van der Waals surface area contributed by atoms with Crippen LogP contribution in [-0.2, 0) is 0 Å². The maximum Gasteiger partial charge on any atom is 0.121 e. The quantitative estimate of drug-likeness (QED) is 0.790. The van der Waals surface area contributed by atoms with E-state index in [0.29, 0.717) is 0 Å². The Kier molecular flexibility index (Phi) is 5.98. The zero-order valence-electron chi connectivity index (χ0n) is 16.5. The summed E-state index contributed by atoms with van der Waals surface area (Å²) in [5, 5.41) is 4.77. The maximum absolute atomic E-state index is 5.85. The number of benzene rings is 1. The van der Waals surface area contributed by atoms with E-state index < -0.39 is 0 Å². The highest BCUT2D eigenvalue weighted by molar-refractivity contribution is 7.20. The average molecular weight is 396 g/mol. The molecule has 1 aromatic heterocycles. The number of fused-ring (bicyclic) bond motifs is 1. The molecule has 1 fully saturated rings. The first-order valence-corrected chi connectivity index (χ1v) is 10.9. The zero-order chi connectivity index (χ0) is 19.3. The van der Waals surface area contributed by atoms with Crippen LogP contribution in [0.3, 0.4) is 0 Å². The zero-order valence-corrected chi connectivity index (χ0v) is 17.3. The number of hydrogen-bond donors (Lipinski definition) is 2. The van der Waals surface area contributed by atoms with Crippen molar-refractivity contribution in [2.75, 3.05) is 42.9 Å². The standard InChI is InChI=1S/C22H29N5S/c1-17(15-23)27-16-21(24-10-13-26-11-6-3-7-12-26)25-19-14-20(28-22(19)27)18-8-4-2-5-9-18/h2,4-5,8-9,14-15H,3,6-7,10-13,16,23H2,1H3,(H,24,25)/b17-15-. The van der Waals surface area contributed by atoms with Crippen molar-refractivity contribution < 1.29 is 0 Å². The second kappa shape index (κ2) is 8.80. The first-order valence-electron chi connectivity index (χ1n) is 10.1. The number of anilines is 2.